The maximum Gasteiger partial charge on any atom is 0.410 e. The average Bonchev–Trinajstić information content (AvgIpc) is 2.55. The van der Waals surface area contributed by atoms with Crippen LogP contribution >= 0.6 is 0 Å². The number of hydrogen-bond acceptors (Lipinski definition) is 6. The Morgan fingerprint density at radius 1 is 1.21 bits per heavy atom. The molecule has 1 fully saturated rings. The van der Waals surface area contributed by atoms with Crippen LogP contribution in [0.5, 0.6) is 0 Å². The van der Waals surface area contributed by atoms with Gasteiger partial charge in [0.1, 0.15) is 17.8 Å². The summed E-state index contributed by atoms with van der Waals surface area (Å²) in [5, 5.41) is 0. The van der Waals surface area contributed by atoms with Crippen LogP contribution in [0.15, 0.2) is 0 Å². The number of rotatable bonds is 3. The second-order valence-corrected chi connectivity index (χ2v) is 7.10. The Hall–Kier alpha value is -0.860. The third-order valence-corrected chi connectivity index (χ3v) is 3.06. The van der Waals surface area contributed by atoms with Crippen LogP contribution in [-0.2, 0) is 23.8 Å². The van der Waals surface area contributed by atoms with E-state index in [9.17, 15) is 13.2 Å². The van der Waals surface area contributed by atoms with E-state index in [4.69, 9.17) is 13.7 Å². The predicted molar refractivity (Wildman–Crippen MR) is 68.3 cm³/mol. The van der Waals surface area contributed by atoms with E-state index >= 15 is 0 Å². The van der Waals surface area contributed by atoms with Crippen LogP contribution in [0.3, 0.4) is 0 Å². The highest BCUT2D eigenvalue weighted by molar-refractivity contribution is 7.86. The number of hydrogen-bond donors (Lipinski definition) is 0. The Morgan fingerprint density at radius 2 is 1.74 bits per heavy atom. The molecule has 0 N–H and O–H groups in total. The quantitative estimate of drug-likeness (QED) is 0.709. The molecular weight excluding hydrogens is 274 g/mol. The summed E-state index contributed by atoms with van der Waals surface area (Å²) in [6, 6.07) is 0. The molecule has 0 bridgehead atoms. The van der Waals surface area contributed by atoms with Crippen molar-refractivity contribution in [3.05, 3.63) is 0 Å². The number of amides is 1. The van der Waals surface area contributed by atoms with Crippen molar-refractivity contribution in [2.75, 3.05) is 26.5 Å². The summed E-state index contributed by atoms with van der Waals surface area (Å²) >= 11 is 0. The van der Waals surface area contributed by atoms with Crippen molar-refractivity contribution in [2.24, 2.45) is 0 Å². The molecule has 1 saturated heterocycles. The molecule has 1 rings (SSSR count). The van der Waals surface area contributed by atoms with Crippen molar-refractivity contribution in [2.45, 2.75) is 38.6 Å². The van der Waals surface area contributed by atoms with Gasteiger partial charge in [-0.2, -0.15) is 8.42 Å². The first-order valence-corrected chi connectivity index (χ1v) is 7.72. The summed E-state index contributed by atoms with van der Waals surface area (Å²) in [5.41, 5.74) is -0.602. The normalized spacial score (nSPS) is 24.6. The highest BCUT2D eigenvalue weighted by Gasteiger charge is 2.39. The van der Waals surface area contributed by atoms with Crippen LogP contribution in [-0.4, -0.2) is 63.7 Å². The number of carbonyl (C=O) groups is 1. The van der Waals surface area contributed by atoms with E-state index in [-0.39, 0.29) is 13.1 Å². The minimum absolute atomic E-state index is 0.125. The largest absolute Gasteiger partial charge is 0.444 e. The lowest BCUT2D eigenvalue weighted by molar-refractivity contribution is 0.0244. The van der Waals surface area contributed by atoms with Crippen LogP contribution in [0.25, 0.3) is 0 Å². The van der Waals surface area contributed by atoms with E-state index in [1.165, 1.54) is 12.0 Å². The number of methoxy groups -OCH3 is 1. The van der Waals surface area contributed by atoms with Gasteiger partial charge in [0.05, 0.1) is 19.3 Å². The molecule has 19 heavy (non-hydrogen) atoms. The van der Waals surface area contributed by atoms with Gasteiger partial charge in [0, 0.05) is 7.11 Å². The first kappa shape index (κ1) is 16.2. The zero-order valence-corrected chi connectivity index (χ0v) is 12.7. The van der Waals surface area contributed by atoms with Crippen LogP contribution in [0, 0.1) is 0 Å². The van der Waals surface area contributed by atoms with Gasteiger partial charge in [-0.1, -0.05) is 0 Å². The van der Waals surface area contributed by atoms with Crippen molar-refractivity contribution < 1.29 is 26.9 Å². The lowest BCUT2D eigenvalue weighted by Crippen LogP contribution is -2.36. The van der Waals surface area contributed by atoms with Gasteiger partial charge in [0.2, 0.25) is 0 Å². The fourth-order valence-electron chi connectivity index (χ4n) is 1.76. The van der Waals surface area contributed by atoms with Gasteiger partial charge in [-0.05, 0) is 20.8 Å². The summed E-state index contributed by atoms with van der Waals surface area (Å²) in [6.07, 6.45) is -0.723. The molecule has 2 atom stereocenters. The zero-order valence-electron chi connectivity index (χ0n) is 11.9. The molecule has 1 heterocycles. The van der Waals surface area contributed by atoms with Gasteiger partial charge < -0.3 is 14.4 Å². The molecule has 0 aromatic heterocycles. The van der Waals surface area contributed by atoms with Crippen molar-refractivity contribution in [1.29, 1.82) is 0 Å². The molecule has 0 radical (unpaired) electrons. The minimum Gasteiger partial charge on any atom is -0.444 e. The number of ether oxygens (including phenoxy) is 2. The van der Waals surface area contributed by atoms with Gasteiger partial charge in [-0.25, -0.2) is 4.79 Å². The zero-order chi connectivity index (χ0) is 14.8. The maximum absolute atomic E-state index is 11.9. The van der Waals surface area contributed by atoms with Gasteiger partial charge in [0.15, 0.2) is 0 Å². The molecule has 8 heteroatoms. The highest BCUT2D eigenvalue weighted by Crippen LogP contribution is 2.20. The fourth-order valence-corrected chi connectivity index (χ4v) is 2.40. The molecule has 0 aliphatic carbocycles. The summed E-state index contributed by atoms with van der Waals surface area (Å²) < 4.78 is 37.6. The molecule has 112 valence electrons. The average molecular weight is 295 g/mol. The Kier molecular flexibility index (Phi) is 4.81. The molecule has 0 spiro atoms. The Labute approximate surface area is 113 Å². The van der Waals surface area contributed by atoms with Crippen LogP contribution in [0.2, 0.25) is 0 Å². The Balaban J connectivity index is 2.69. The highest BCUT2D eigenvalue weighted by atomic mass is 32.2. The van der Waals surface area contributed by atoms with Crippen molar-refractivity contribution in [1.82, 2.24) is 4.90 Å². The van der Waals surface area contributed by atoms with E-state index in [0.717, 1.165) is 6.26 Å². The van der Waals surface area contributed by atoms with Crippen LogP contribution < -0.4 is 0 Å². The van der Waals surface area contributed by atoms with E-state index in [2.05, 4.69) is 0 Å². The second-order valence-electron chi connectivity index (χ2n) is 5.50. The van der Waals surface area contributed by atoms with Gasteiger partial charge in [-0.15, -0.1) is 0 Å². The Bertz CT molecular complexity index is 427. The van der Waals surface area contributed by atoms with E-state index in [0.29, 0.717) is 0 Å². The van der Waals surface area contributed by atoms with Crippen LogP contribution in [0.1, 0.15) is 20.8 Å². The Morgan fingerprint density at radius 3 is 2.16 bits per heavy atom. The molecule has 1 aliphatic heterocycles. The van der Waals surface area contributed by atoms with Gasteiger partial charge in [0.25, 0.3) is 10.1 Å². The van der Waals surface area contributed by atoms with E-state index < -0.39 is 34.0 Å². The molecule has 7 nitrogen and oxygen atoms in total. The summed E-state index contributed by atoms with van der Waals surface area (Å²) in [5.74, 6) is 0. The maximum atomic E-state index is 11.9. The SMILES string of the molecule is CO[C@H]1CN(C(=O)OC(C)(C)C)C[C@@H]1OS(C)(=O)=O. The van der Waals surface area contributed by atoms with Gasteiger partial charge >= 0.3 is 6.09 Å². The first-order valence-electron chi connectivity index (χ1n) is 5.91. The van der Waals surface area contributed by atoms with Crippen LogP contribution in [0.4, 0.5) is 4.79 Å². The van der Waals surface area contributed by atoms with Gasteiger partial charge in [-0.3, -0.25) is 4.18 Å². The number of likely N-dealkylation sites (tertiary alicyclic amines) is 1. The van der Waals surface area contributed by atoms with Crippen molar-refractivity contribution in [3.8, 4) is 0 Å². The predicted octanol–water partition coefficient (Wildman–Crippen LogP) is 0.597. The van der Waals surface area contributed by atoms with Crippen molar-refractivity contribution in [3.63, 3.8) is 0 Å². The summed E-state index contributed by atoms with van der Waals surface area (Å²) in [6.45, 7) is 5.66. The lowest BCUT2D eigenvalue weighted by atomic mass is 10.2. The molecule has 1 amide bonds. The standard InChI is InChI=1S/C11H21NO6S/c1-11(2,3)17-10(13)12-6-8(16-4)9(7-12)18-19(5,14)15/h8-9H,6-7H2,1-5H3/t8-,9-/m0/s1. The number of carbonyl (C=O) groups excluding carboxylic acids is 1. The van der Waals surface area contributed by atoms with Crippen molar-refractivity contribution >= 4 is 16.2 Å². The first-order chi connectivity index (χ1) is 8.52. The molecular formula is C11H21NO6S. The topological polar surface area (TPSA) is 82.1 Å². The van der Waals surface area contributed by atoms with E-state index in [1.807, 2.05) is 0 Å². The minimum atomic E-state index is -3.59. The molecule has 1 aliphatic rings. The molecule has 0 unspecified atom stereocenters. The third-order valence-electron chi connectivity index (χ3n) is 2.47. The lowest BCUT2D eigenvalue weighted by Gasteiger charge is -2.24. The molecule has 0 saturated carbocycles. The smallest absolute Gasteiger partial charge is 0.410 e. The molecule has 0 aromatic rings. The van der Waals surface area contributed by atoms with E-state index in [1.54, 1.807) is 20.8 Å². The number of nitrogens with zero attached hydrogens (tertiary/aromatic N) is 1. The second kappa shape index (κ2) is 5.64. The molecule has 0 aromatic carbocycles. The summed E-state index contributed by atoms with van der Waals surface area (Å²) in [4.78, 5) is 13.3. The monoisotopic (exact) mass is 295 g/mol. The fraction of sp³-hybridized carbons (Fsp3) is 0.909. The summed E-state index contributed by atoms with van der Waals surface area (Å²) in [7, 11) is -2.15. The third kappa shape index (κ3) is 5.33.